The van der Waals surface area contributed by atoms with E-state index < -0.39 is 18.1 Å². The van der Waals surface area contributed by atoms with Crippen molar-refractivity contribution >= 4 is 5.78 Å². The summed E-state index contributed by atoms with van der Waals surface area (Å²) < 4.78 is 26.2. The van der Waals surface area contributed by atoms with Crippen LogP contribution in [0.25, 0.3) is 0 Å². The van der Waals surface area contributed by atoms with E-state index >= 15 is 0 Å². The fourth-order valence-electron chi connectivity index (χ4n) is 2.42. The molecule has 0 unspecified atom stereocenters. The van der Waals surface area contributed by atoms with Gasteiger partial charge in [0.05, 0.1) is 6.42 Å². The predicted molar refractivity (Wildman–Crippen MR) is 77.8 cm³/mol. The molecule has 0 spiro atoms. The molecule has 0 radical (unpaired) electrons. The number of ketones is 1. The maximum Gasteiger partial charge on any atom is 0.252 e. The average molecular weight is 287 g/mol. The first-order chi connectivity index (χ1) is 8.80. The summed E-state index contributed by atoms with van der Waals surface area (Å²) in [7, 11) is 0. The number of rotatable bonds is 3. The van der Waals surface area contributed by atoms with Crippen molar-refractivity contribution in [2.45, 2.75) is 72.3 Å². The zero-order valence-corrected chi connectivity index (χ0v) is 13.5. The number of alkyl halides is 2. The first kappa shape index (κ1) is 17.1. The summed E-state index contributed by atoms with van der Waals surface area (Å²) in [6.07, 6.45) is 2.62. The molecule has 1 aliphatic rings. The summed E-state index contributed by atoms with van der Waals surface area (Å²) >= 11 is 0. The molecule has 0 saturated carbocycles. The SMILES string of the molecule is CC(F)(F)CC(=O)C1=CN(C(C)(C)C)CCC(C)(C)C1. The van der Waals surface area contributed by atoms with Gasteiger partial charge >= 0.3 is 0 Å². The van der Waals surface area contributed by atoms with Gasteiger partial charge in [0, 0.05) is 23.9 Å². The topological polar surface area (TPSA) is 20.3 Å². The lowest BCUT2D eigenvalue weighted by molar-refractivity contribution is -0.121. The van der Waals surface area contributed by atoms with Crippen molar-refractivity contribution in [1.82, 2.24) is 4.90 Å². The van der Waals surface area contributed by atoms with E-state index in [-0.39, 0.29) is 11.0 Å². The fraction of sp³-hybridized carbons (Fsp3) is 0.812. The molecule has 1 heterocycles. The Hall–Kier alpha value is -0.930. The summed E-state index contributed by atoms with van der Waals surface area (Å²) in [5.41, 5.74) is 0.384. The monoisotopic (exact) mass is 287 g/mol. The lowest BCUT2D eigenvalue weighted by atomic mass is 9.82. The van der Waals surface area contributed by atoms with Crippen molar-refractivity contribution in [1.29, 1.82) is 0 Å². The van der Waals surface area contributed by atoms with Crippen molar-refractivity contribution in [3.8, 4) is 0 Å². The number of Topliss-reactive ketones (excluding diaryl/α,β-unsaturated/α-hetero) is 1. The quantitative estimate of drug-likeness (QED) is 0.766. The van der Waals surface area contributed by atoms with E-state index in [0.29, 0.717) is 12.0 Å². The summed E-state index contributed by atoms with van der Waals surface area (Å²) in [5.74, 6) is -3.37. The van der Waals surface area contributed by atoms with Crippen molar-refractivity contribution in [3.63, 3.8) is 0 Å². The van der Waals surface area contributed by atoms with E-state index in [0.717, 1.165) is 19.9 Å². The molecule has 2 nitrogen and oxygen atoms in total. The summed E-state index contributed by atoms with van der Waals surface area (Å²) in [6, 6.07) is 0. The lowest BCUT2D eigenvalue weighted by Crippen LogP contribution is -2.38. The Morgan fingerprint density at radius 1 is 1.30 bits per heavy atom. The average Bonchev–Trinajstić information content (AvgIpc) is 2.33. The van der Waals surface area contributed by atoms with E-state index in [9.17, 15) is 13.6 Å². The molecule has 1 rings (SSSR count). The van der Waals surface area contributed by atoms with Gasteiger partial charge in [-0.3, -0.25) is 4.79 Å². The minimum absolute atomic E-state index is 0.0372. The lowest BCUT2D eigenvalue weighted by Gasteiger charge is -2.35. The highest BCUT2D eigenvalue weighted by Crippen LogP contribution is 2.35. The van der Waals surface area contributed by atoms with Crippen LogP contribution < -0.4 is 0 Å². The van der Waals surface area contributed by atoms with Crippen LogP contribution in [0.2, 0.25) is 0 Å². The van der Waals surface area contributed by atoms with E-state index in [1.54, 1.807) is 0 Å². The Morgan fingerprint density at radius 2 is 1.85 bits per heavy atom. The maximum atomic E-state index is 13.1. The van der Waals surface area contributed by atoms with E-state index in [2.05, 4.69) is 39.5 Å². The Kier molecular flexibility index (Phi) is 4.67. The maximum absolute atomic E-state index is 13.1. The molecule has 116 valence electrons. The van der Waals surface area contributed by atoms with Crippen molar-refractivity contribution in [2.75, 3.05) is 6.54 Å². The molecule has 0 amide bonds. The summed E-state index contributed by atoms with van der Waals surface area (Å²) in [6.45, 7) is 12.0. The number of allylic oxidation sites excluding steroid dienone is 1. The highest BCUT2D eigenvalue weighted by Gasteiger charge is 2.33. The third-order valence-corrected chi connectivity index (χ3v) is 3.70. The van der Waals surface area contributed by atoms with Crippen molar-refractivity contribution in [2.24, 2.45) is 5.41 Å². The number of halogens is 2. The van der Waals surface area contributed by atoms with Gasteiger partial charge in [-0.05, 0) is 46.0 Å². The fourth-order valence-corrected chi connectivity index (χ4v) is 2.42. The van der Waals surface area contributed by atoms with Gasteiger partial charge in [-0.2, -0.15) is 0 Å². The highest BCUT2D eigenvalue weighted by molar-refractivity contribution is 5.95. The molecule has 0 bridgehead atoms. The van der Waals surface area contributed by atoms with Crippen LogP contribution in [0, 0.1) is 5.41 Å². The molecule has 4 heteroatoms. The second-order valence-electron chi connectivity index (χ2n) is 7.78. The molecule has 0 fully saturated rings. The van der Waals surface area contributed by atoms with Gasteiger partial charge in [0.15, 0.2) is 5.78 Å². The van der Waals surface area contributed by atoms with Crippen LogP contribution in [0.1, 0.15) is 60.8 Å². The summed E-state index contributed by atoms with van der Waals surface area (Å²) in [4.78, 5) is 14.3. The number of nitrogens with zero attached hydrogens (tertiary/aromatic N) is 1. The number of carbonyl (C=O) groups excluding carboxylic acids is 1. The number of hydrogen-bond acceptors (Lipinski definition) is 2. The van der Waals surface area contributed by atoms with Crippen LogP contribution in [0.15, 0.2) is 11.8 Å². The van der Waals surface area contributed by atoms with Gasteiger partial charge in [-0.15, -0.1) is 0 Å². The van der Waals surface area contributed by atoms with E-state index in [1.165, 1.54) is 0 Å². The molecule has 0 saturated heterocycles. The zero-order chi connectivity index (χ0) is 15.8. The molecule has 0 aromatic heterocycles. The standard InChI is InChI=1S/C16H27F2NO/c1-14(2,3)19-8-7-15(4,5)9-12(11-19)13(20)10-16(6,17)18/h11H,7-10H2,1-6H3. The molecule has 1 aliphatic heterocycles. The molecular weight excluding hydrogens is 260 g/mol. The van der Waals surface area contributed by atoms with Crippen LogP contribution in [0.4, 0.5) is 8.78 Å². The zero-order valence-electron chi connectivity index (χ0n) is 13.5. The van der Waals surface area contributed by atoms with E-state index in [1.807, 2.05) is 6.20 Å². The van der Waals surface area contributed by atoms with Gasteiger partial charge in [0.25, 0.3) is 5.92 Å². The third-order valence-electron chi connectivity index (χ3n) is 3.70. The Labute approximate surface area is 121 Å². The molecule has 20 heavy (non-hydrogen) atoms. The molecule has 0 N–H and O–H groups in total. The van der Waals surface area contributed by atoms with Crippen LogP contribution in [-0.4, -0.2) is 28.7 Å². The van der Waals surface area contributed by atoms with Crippen LogP contribution in [0.3, 0.4) is 0 Å². The van der Waals surface area contributed by atoms with Gasteiger partial charge < -0.3 is 4.90 Å². The number of hydrogen-bond donors (Lipinski definition) is 0. The Balaban J connectivity index is 3.03. The second-order valence-corrected chi connectivity index (χ2v) is 7.78. The normalized spacial score (nSPS) is 20.4. The first-order valence-corrected chi connectivity index (χ1v) is 7.19. The molecule has 0 aromatic rings. The minimum Gasteiger partial charge on any atom is -0.372 e. The molecule has 0 atom stereocenters. The van der Waals surface area contributed by atoms with Gasteiger partial charge in [0.2, 0.25) is 0 Å². The van der Waals surface area contributed by atoms with Gasteiger partial charge in [-0.1, -0.05) is 13.8 Å². The molecule has 0 aliphatic carbocycles. The highest BCUT2D eigenvalue weighted by atomic mass is 19.3. The first-order valence-electron chi connectivity index (χ1n) is 7.19. The number of carbonyl (C=O) groups is 1. The second kappa shape index (κ2) is 5.45. The Bertz CT molecular complexity index is 400. The van der Waals surface area contributed by atoms with Crippen LogP contribution in [-0.2, 0) is 4.79 Å². The van der Waals surface area contributed by atoms with Crippen LogP contribution in [0.5, 0.6) is 0 Å². The van der Waals surface area contributed by atoms with Crippen LogP contribution >= 0.6 is 0 Å². The Morgan fingerprint density at radius 3 is 2.30 bits per heavy atom. The van der Waals surface area contributed by atoms with Crippen molar-refractivity contribution in [3.05, 3.63) is 11.8 Å². The third kappa shape index (κ3) is 5.22. The molecule has 0 aromatic carbocycles. The van der Waals surface area contributed by atoms with Crippen molar-refractivity contribution < 1.29 is 13.6 Å². The molecular formula is C16H27F2NO. The predicted octanol–water partition coefficient (Wildman–Crippen LogP) is 4.41. The smallest absolute Gasteiger partial charge is 0.252 e. The van der Waals surface area contributed by atoms with Gasteiger partial charge in [-0.25, -0.2) is 8.78 Å². The van der Waals surface area contributed by atoms with Gasteiger partial charge in [0.1, 0.15) is 0 Å². The van der Waals surface area contributed by atoms with E-state index in [4.69, 9.17) is 0 Å². The summed E-state index contributed by atoms with van der Waals surface area (Å²) in [5, 5.41) is 0. The largest absolute Gasteiger partial charge is 0.372 e. The minimum atomic E-state index is -2.94.